The largest absolute Gasteiger partial charge is 0.364 e. The lowest BCUT2D eigenvalue weighted by Gasteiger charge is -2.24. The van der Waals surface area contributed by atoms with Crippen molar-refractivity contribution in [2.45, 2.75) is 39.7 Å². The maximum atomic E-state index is 12.3. The molecule has 198 valence electrons. The van der Waals surface area contributed by atoms with Crippen LogP contribution < -0.4 is 21.3 Å². The van der Waals surface area contributed by atoms with Crippen molar-refractivity contribution >= 4 is 42.9 Å². The van der Waals surface area contributed by atoms with E-state index < -0.39 is 5.91 Å². The Bertz CT molecular complexity index is 1250. The first-order valence-electron chi connectivity index (χ1n) is 12.1. The minimum absolute atomic E-state index is 0.0627. The molecule has 2 aromatic rings. The maximum Gasteiger partial charge on any atom is 0.271 e. The lowest BCUT2D eigenvalue weighted by molar-refractivity contribution is -0.134. The molecule has 0 aliphatic carbocycles. The summed E-state index contributed by atoms with van der Waals surface area (Å²) in [5.74, 6) is 1.85. The van der Waals surface area contributed by atoms with Crippen LogP contribution in [0.15, 0.2) is 35.8 Å². The Morgan fingerprint density at radius 2 is 1.95 bits per heavy atom. The number of hydrogen-bond donors (Lipinski definition) is 3. The molecule has 2 radical (unpaired) electrons. The first-order chi connectivity index (χ1) is 18.0. The van der Waals surface area contributed by atoms with Gasteiger partial charge in [0, 0.05) is 38.8 Å². The normalized spacial score (nSPS) is 11.0. The first kappa shape index (κ1) is 29.9. The van der Waals surface area contributed by atoms with Crippen LogP contribution in [0.2, 0.25) is 0 Å². The molecule has 0 bridgehead atoms. The summed E-state index contributed by atoms with van der Waals surface area (Å²) in [6, 6.07) is 7.52. The monoisotopic (exact) mass is 515 g/mol. The van der Waals surface area contributed by atoms with Gasteiger partial charge in [0.2, 0.25) is 11.8 Å². The molecule has 3 amide bonds. The van der Waals surface area contributed by atoms with Crippen molar-refractivity contribution < 1.29 is 14.4 Å². The molecule has 0 atom stereocenters. The fraction of sp³-hybridized carbons (Fsp3) is 0.370. The quantitative estimate of drug-likeness (QED) is 0.290. The third-order valence-corrected chi connectivity index (χ3v) is 5.81. The number of primary amides is 1. The summed E-state index contributed by atoms with van der Waals surface area (Å²) in [6.07, 6.45) is 7.87. The van der Waals surface area contributed by atoms with Gasteiger partial charge in [0.05, 0.1) is 6.54 Å². The Morgan fingerprint density at radius 3 is 2.55 bits per heavy atom. The zero-order valence-electron chi connectivity index (χ0n) is 22.5. The number of benzene rings is 1. The number of anilines is 3. The van der Waals surface area contributed by atoms with Gasteiger partial charge in [0.25, 0.3) is 5.91 Å². The lowest BCUT2D eigenvalue weighted by Crippen LogP contribution is -2.39. The average Bonchev–Trinajstić information content (AvgIpc) is 2.87. The zero-order valence-corrected chi connectivity index (χ0v) is 22.5. The van der Waals surface area contributed by atoms with Crippen molar-refractivity contribution in [3.8, 4) is 12.3 Å². The number of nitrogens with one attached hydrogen (secondary N) is 2. The number of hydrogen-bond acceptors (Lipinski definition) is 7. The smallest absolute Gasteiger partial charge is 0.271 e. The number of terminal acetylenes is 1. The van der Waals surface area contributed by atoms with Crippen LogP contribution in [0.5, 0.6) is 0 Å². The average molecular weight is 515 g/mol. The molecule has 10 nitrogen and oxygen atoms in total. The topological polar surface area (TPSA) is 134 Å². The molecule has 0 unspecified atom stereocenters. The number of carbonyl (C=O) groups excluding carboxylic acids is 3. The third-order valence-electron chi connectivity index (χ3n) is 5.81. The number of allylic oxidation sites excluding steroid dienone is 1. The van der Waals surface area contributed by atoms with Crippen molar-refractivity contribution in [3.05, 3.63) is 52.8 Å². The van der Waals surface area contributed by atoms with E-state index in [1.165, 1.54) is 4.90 Å². The van der Waals surface area contributed by atoms with Crippen LogP contribution in [0.3, 0.4) is 0 Å². The fourth-order valence-corrected chi connectivity index (χ4v) is 3.33. The Hall–Kier alpha value is -4.33. The molecule has 0 aliphatic heterocycles. The summed E-state index contributed by atoms with van der Waals surface area (Å²) in [7, 11) is 9.08. The Labute approximate surface area is 225 Å². The van der Waals surface area contributed by atoms with Gasteiger partial charge in [-0.3, -0.25) is 14.4 Å². The molecule has 1 heterocycles. The molecular weight excluding hydrogens is 481 g/mol. The molecule has 0 saturated heterocycles. The zero-order chi connectivity index (χ0) is 28.4. The van der Waals surface area contributed by atoms with E-state index >= 15 is 0 Å². The van der Waals surface area contributed by atoms with Crippen molar-refractivity contribution in [1.82, 2.24) is 20.2 Å². The minimum atomic E-state index is -0.758. The molecule has 1 aromatic carbocycles. The second-order valence-electron chi connectivity index (χ2n) is 9.02. The highest BCUT2D eigenvalue weighted by Gasteiger charge is 2.20. The summed E-state index contributed by atoms with van der Waals surface area (Å²) in [4.78, 5) is 48.5. The van der Waals surface area contributed by atoms with E-state index in [-0.39, 0.29) is 48.0 Å². The van der Waals surface area contributed by atoms with Crippen LogP contribution in [0.25, 0.3) is 0 Å². The number of nitrogens with zero attached hydrogens (tertiary/aromatic N) is 4. The lowest BCUT2D eigenvalue weighted by atomic mass is 9.92. The molecule has 2 rings (SSSR count). The standard InChI is InChI=1S/C27H34BN7O3/c1-7-19(28)15-23(37)34(5)16-22(36)30-13-12-18-10-9-11-20(14-18)31-26-24(25(29)38)32-21(8-2)27(33-26)35(6)17(3)4/h2,7,9-11,14,17H,12-13,15-16H2,1,3-6H3,(H2,29,38)(H,30,36)(H,31,33). The first-order valence-corrected chi connectivity index (χ1v) is 12.1. The number of aromatic nitrogens is 2. The van der Waals surface area contributed by atoms with Gasteiger partial charge in [0.1, 0.15) is 7.85 Å². The van der Waals surface area contributed by atoms with E-state index in [1.807, 2.05) is 50.1 Å². The number of amides is 3. The molecule has 38 heavy (non-hydrogen) atoms. The van der Waals surface area contributed by atoms with E-state index in [2.05, 4.69) is 26.5 Å². The summed E-state index contributed by atoms with van der Waals surface area (Å²) in [5, 5.41) is 5.94. The van der Waals surface area contributed by atoms with Gasteiger partial charge in [-0.2, -0.15) is 0 Å². The van der Waals surface area contributed by atoms with E-state index in [0.29, 0.717) is 29.9 Å². The van der Waals surface area contributed by atoms with Crippen molar-refractivity contribution in [3.63, 3.8) is 0 Å². The molecular formula is C27H34BN7O3. The molecule has 0 aliphatic rings. The summed E-state index contributed by atoms with van der Waals surface area (Å²) in [6.45, 7) is 6.02. The highest BCUT2D eigenvalue weighted by atomic mass is 16.2. The second-order valence-corrected chi connectivity index (χ2v) is 9.02. The highest BCUT2D eigenvalue weighted by molar-refractivity contribution is 6.23. The number of rotatable bonds is 12. The highest BCUT2D eigenvalue weighted by Crippen LogP contribution is 2.25. The Morgan fingerprint density at radius 1 is 1.24 bits per heavy atom. The number of likely N-dealkylation sites (N-methyl/N-ethyl adjacent to an activating group) is 1. The second kappa shape index (κ2) is 13.8. The van der Waals surface area contributed by atoms with Gasteiger partial charge >= 0.3 is 0 Å². The van der Waals surface area contributed by atoms with Crippen LogP contribution in [-0.4, -0.2) is 73.7 Å². The van der Waals surface area contributed by atoms with Gasteiger partial charge in [-0.1, -0.05) is 18.2 Å². The van der Waals surface area contributed by atoms with Crippen LogP contribution in [-0.2, 0) is 16.0 Å². The van der Waals surface area contributed by atoms with Gasteiger partial charge in [0.15, 0.2) is 23.0 Å². The minimum Gasteiger partial charge on any atom is -0.364 e. The van der Waals surface area contributed by atoms with E-state index in [1.54, 1.807) is 20.0 Å². The number of nitrogens with two attached hydrogens (primary N) is 1. The molecule has 1 aromatic heterocycles. The van der Waals surface area contributed by atoms with Crippen LogP contribution in [0.4, 0.5) is 17.3 Å². The van der Waals surface area contributed by atoms with Gasteiger partial charge < -0.3 is 26.2 Å². The molecule has 0 spiro atoms. The summed E-state index contributed by atoms with van der Waals surface area (Å²) >= 11 is 0. The molecule has 0 saturated carbocycles. The molecule has 0 fully saturated rings. The predicted molar refractivity (Wildman–Crippen MR) is 150 cm³/mol. The Balaban J connectivity index is 2.09. The fourth-order valence-electron chi connectivity index (χ4n) is 3.33. The maximum absolute atomic E-state index is 12.3. The predicted octanol–water partition coefficient (Wildman–Crippen LogP) is 1.72. The van der Waals surface area contributed by atoms with Gasteiger partial charge in [-0.25, -0.2) is 9.97 Å². The molecule has 4 N–H and O–H groups in total. The summed E-state index contributed by atoms with van der Waals surface area (Å²) in [5.41, 5.74) is 7.75. The van der Waals surface area contributed by atoms with Crippen molar-refractivity contribution in [2.75, 3.05) is 37.4 Å². The summed E-state index contributed by atoms with van der Waals surface area (Å²) < 4.78 is 0. The van der Waals surface area contributed by atoms with Crippen molar-refractivity contribution in [1.29, 1.82) is 0 Å². The Kier molecular flexibility index (Phi) is 10.9. The van der Waals surface area contributed by atoms with Crippen molar-refractivity contribution in [2.24, 2.45) is 5.73 Å². The van der Waals surface area contributed by atoms with E-state index in [4.69, 9.17) is 20.0 Å². The van der Waals surface area contributed by atoms with Gasteiger partial charge in [-0.05, 0) is 50.8 Å². The molecule has 11 heteroatoms. The van der Waals surface area contributed by atoms with E-state index in [9.17, 15) is 14.4 Å². The van der Waals surface area contributed by atoms with Gasteiger partial charge in [-0.15, -0.1) is 11.9 Å². The van der Waals surface area contributed by atoms with Crippen LogP contribution >= 0.6 is 0 Å². The van der Waals surface area contributed by atoms with E-state index in [0.717, 1.165) is 5.56 Å². The third kappa shape index (κ3) is 8.37. The van der Waals surface area contributed by atoms with Crippen LogP contribution in [0, 0.1) is 12.3 Å². The van der Waals surface area contributed by atoms with Crippen LogP contribution in [0.1, 0.15) is 48.9 Å². The number of carbonyl (C=O) groups is 3. The SMILES string of the molecule is [B]C(=CC)CC(=O)N(C)CC(=O)NCCc1cccc(Nc2nc(N(C)C(C)C)c(C#C)nc2C(N)=O)c1.